The summed E-state index contributed by atoms with van der Waals surface area (Å²) < 4.78 is 115. The quantitative estimate of drug-likeness (QED) is 0.0195. The average molecular weight is 1860 g/mol. The van der Waals surface area contributed by atoms with Crippen LogP contribution in [0.2, 0.25) is 0 Å². The lowest BCUT2D eigenvalue weighted by Gasteiger charge is -2.71. The van der Waals surface area contributed by atoms with Crippen LogP contribution in [0.25, 0.3) is 0 Å². The third kappa shape index (κ3) is 18.2. The number of aliphatic hydroxyl groups excluding tert-OH is 22. The molecule has 23 N–H and O–H groups in total. The lowest BCUT2D eigenvalue weighted by Crippen LogP contribution is -2.69. The number of hydrogen-bond acceptors (Lipinski definition) is 45. The van der Waals surface area contributed by atoms with Crippen molar-refractivity contribution in [2.75, 3.05) is 33.0 Å². The van der Waals surface area contributed by atoms with Crippen molar-refractivity contribution in [1.82, 2.24) is 0 Å². The van der Waals surface area contributed by atoms with Gasteiger partial charge in [0.05, 0.1) is 69.0 Å². The normalized spacial score (nSPS) is 54.2. The first-order valence-electron chi connectivity index (χ1n) is 44.2. The largest absolute Gasteiger partial charge is 0.479 e. The number of carboxylic acid groups (broad SMARTS) is 1. The Balaban J connectivity index is 0.744. The molecular weight excluding hydrogens is 1730 g/mol. The summed E-state index contributed by atoms with van der Waals surface area (Å²) >= 11 is 0. The zero-order valence-electron chi connectivity index (χ0n) is 72.9. The van der Waals surface area contributed by atoms with E-state index in [9.17, 15) is 132 Å². The van der Waals surface area contributed by atoms with Gasteiger partial charge in [0.25, 0.3) is 0 Å². The van der Waals surface area contributed by atoms with Crippen LogP contribution in [0.5, 0.6) is 0 Å². The van der Waals surface area contributed by atoms with Gasteiger partial charge in [-0.3, -0.25) is 9.59 Å². The molecular formula is C83H130O46. The third-order valence-electron chi connectivity index (χ3n) is 30.9. The van der Waals surface area contributed by atoms with Crippen LogP contribution in [0.3, 0.4) is 0 Å². The van der Waals surface area contributed by atoms with E-state index in [1.54, 1.807) is 6.92 Å². The van der Waals surface area contributed by atoms with E-state index in [0.717, 1.165) is 18.8 Å². The second kappa shape index (κ2) is 38.9. The van der Waals surface area contributed by atoms with Gasteiger partial charge in [0.2, 0.25) is 6.29 Å². The molecule has 0 aromatic carbocycles. The van der Waals surface area contributed by atoms with Gasteiger partial charge in [0.1, 0.15) is 177 Å². The van der Waals surface area contributed by atoms with Crippen molar-refractivity contribution in [3.05, 3.63) is 11.6 Å². The fourth-order valence-electron chi connectivity index (χ4n) is 23.3. The molecule has 5 aliphatic carbocycles. The Morgan fingerprint density at radius 2 is 0.868 bits per heavy atom. The van der Waals surface area contributed by atoms with Crippen LogP contribution in [0.4, 0.5) is 0 Å². The van der Waals surface area contributed by atoms with E-state index in [0.29, 0.717) is 32.1 Å². The first-order chi connectivity index (χ1) is 60.6. The number of esters is 2. The summed E-state index contributed by atoms with van der Waals surface area (Å²) in [7, 11) is 0. The molecule has 46 heteroatoms. The smallest absolute Gasteiger partial charge is 0.335 e. The maximum absolute atomic E-state index is 16.5. The topological polar surface area (TPSA) is 709 Å². The van der Waals surface area contributed by atoms with Crippen LogP contribution in [0.15, 0.2) is 11.6 Å². The zero-order chi connectivity index (χ0) is 94.2. The van der Waals surface area contributed by atoms with Crippen LogP contribution < -0.4 is 0 Å². The summed E-state index contributed by atoms with van der Waals surface area (Å²) in [6, 6.07) is 0. The predicted octanol–water partition coefficient (Wildman–Crippen LogP) is -9.10. The molecule has 129 heavy (non-hydrogen) atoms. The van der Waals surface area contributed by atoms with Gasteiger partial charge in [0.15, 0.2) is 68.6 Å². The molecule has 0 bridgehead atoms. The number of aliphatic hydroxyl groups is 22. The lowest BCUT2D eigenvalue weighted by molar-refractivity contribution is -0.392. The maximum atomic E-state index is 16.5. The Morgan fingerprint density at radius 3 is 1.39 bits per heavy atom. The highest BCUT2D eigenvalue weighted by molar-refractivity contribution is 5.80. The molecule has 0 spiro atoms. The van der Waals surface area contributed by atoms with E-state index in [4.69, 9.17) is 90.0 Å². The Kier molecular flexibility index (Phi) is 30.5. The summed E-state index contributed by atoms with van der Waals surface area (Å²) in [6.45, 7) is 13.5. The van der Waals surface area contributed by atoms with Crippen molar-refractivity contribution in [1.29, 1.82) is 0 Å². The summed E-state index contributed by atoms with van der Waals surface area (Å²) in [5.74, 6) is -5.58. The Hall–Kier alpha value is -3.74. The van der Waals surface area contributed by atoms with Crippen LogP contribution in [-0.2, 0) is 109 Å². The molecule has 9 aliphatic heterocycles. The average Bonchev–Trinajstić information content (AvgIpc) is 0.668. The first kappa shape index (κ1) is 101. The highest BCUT2D eigenvalue weighted by atomic mass is 16.8. The molecule has 0 aromatic heterocycles. The standard InChI is InChI=1S/C83H130O46/c1-27-58(121-70-57(107)61(35(90)25-113-70)124-68-50(100)42(92)33(88)23-111-68)48(98)54(104)71(114-27)123-60-29(3)116-75(66(64(60)117-30(4)87)128-72-55(105)49(99)59(28(2)115-72)122-73-52(102)46(96)44(94)36(21-84)118-73)129-77(110)83-18-17-78(5,6)19-32(83)31-11-12-39-79(7)15-14-41(80(8,26-86)38(79)13-16-81(39,9)82(31,10)20-40(83)91)120-76-65(127-74-53(103)47(97)45(95)37(22-85)119-74)62(56(106)63(126-76)67(108)109)125-69-51(101)43(93)34(89)24-112-69/h11,26-29,32-66,68-76,84-85,88-107H,12-25H2,1-10H3,(H,108,109)/t27-,28+,29+,32-,33+,34+,35+,36+,37+,38+,39+,40+,41-,42-,43-,44+,45-,46-,47-,48+,49-,50+,51+,52+,53+,54+,55-,56-,57+,58-,59+,60-,61-,62-,63-,64-,65+,66+,68-,69-,70-,71-,72-,73-,74-,75-,76+,79-,80-,81+,82+,83+/m0/s1. The maximum Gasteiger partial charge on any atom is 0.335 e. The monoisotopic (exact) mass is 1860 g/mol. The van der Waals surface area contributed by atoms with Crippen molar-refractivity contribution in [2.24, 2.45) is 50.2 Å². The van der Waals surface area contributed by atoms with E-state index in [1.807, 2.05) is 20.8 Å². The molecule has 46 nitrogen and oxygen atoms in total. The second-order valence-electron chi connectivity index (χ2n) is 39.3. The molecule has 0 aromatic rings. The van der Waals surface area contributed by atoms with E-state index < -0.39 is 366 Å². The van der Waals surface area contributed by atoms with Crippen molar-refractivity contribution in [3.63, 3.8) is 0 Å². The highest BCUT2D eigenvalue weighted by Gasteiger charge is 2.74. The molecule has 0 radical (unpaired) electrons. The number of ether oxygens (including phenoxy) is 19. The number of allylic oxidation sites excluding steroid dienone is 2. The number of aldehydes is 1. The van der Waals surface area contributed by atoms with Gasteiger partial charge >= 0.3 is 17.9 Å². The van der Waals surface area contributed by atoms with Crippen LogP contribution in [-0.4, -0.2) is 445 Å². The SMILES string of the molecule is CC(=O)O[C@H]1[C@@H](O[C@@H]2O[C@@H](C)[C@H](O[C@@H]3OC[C@@H](O)[C@H](O[C@@H]4OC[C@@H](O)[C@H](O)[C@H]4O)[C@H]3O)[C@H](O)[C@H]2O)[C@@H](C)O[C@@H](OC(=O)[C@]23CCC(C)(C)C[C@H]2C2=CC[C@@H]4[C@@]5(C)CC[C@H](O[C@@H]6O[C@H](C(=O)O)[C@@H](O)[C@H](O[C@@H]7OC[C@@H](O)[C@H](O)[C@H]7O)[C@H]6O[C@@H]6O[C@H](CO)[C@H](O)[C@H](O)[C@H]6O)[C@@](C)(C=O)[C@@H]5CC[C@@]4(C)[C@]2(C)C[C@H]3O)[C@@H]1O[C@@H]1O[C@H](C)[C@@H](O[C@@H]2O[C@H](CO)[C@@H](O)[C@H](O)[C@H]2O)[C@@H](O)[C@@H]1O. The van der Waals surface area contributed by atoms with Gasteiger partial charge < -0.3 is 212 Å². The number of hydrogen-bond donors (Lipinski definition) is 23. The van der Waals surface area contributed by atoms with E-state index in [1.165, 1.54) is 20.8 Å². The molecule has 13 fully saturated rings. The Bertz CT molecular complexity index is 3870. The summed E-state index contributed by atoms with van der Waals surface area (Å²) in [6.07, 6.45) is -76.4. The van der Waals surface area contributed by atoms with Gasteiger partial charge in [-0.05, 0) is 118 Å². The molecule has 14 aliphatic rings. The van der Waals surface area contributed by atoms with Crippen LogP contribution in [0, 0.1) is 50.2 Å². The number of aliphatic carboxylic acids is 1. The molecule has 52 atom stereocenters. The second-order valence-corrected chi connectivity index (χ2v) is 39.3. The summed E-state index contributed by atoms with van der Waals surface area (Å²) in [4.78, 5) is 57.8. The van der Waals surface area contributed by atoms with Gasteiger partial charge in [0, 0.05) is 6.92 Å². The molecule has 738 valence electrons. The molecule has 14 rings (SSSR count). The van der Waals surface area contributed by atoms with Crippen molar-refractivity contribution in [3.8, 4) is 0 Å². The first-order valence-corrected chi connectivity index (χ1v) is 44.2. The minimum absolute atomic E-state index is 0.00362. The van der Waals surface area contributed by atoms with E-state index in [-0.39, 0.29) is 31.6 Å². The van der Waals surface area contributed by atoms with Crippen molar-refractivity contribution >= 4 is 24.2 Å². The van der Waals surface area contributed by atoms with Crippen molar-refractivity contribution in [2.45, 2.75) is 397 Å². The Morgan fingerprint density at radius 1 is 0.419 bits per heavy atom. The molecule has 9 saturated heterocycles. The Labute approximate surface area is 740 Å². The van der Waals surface area contributed by atoms with E-state index in [2.05, 4.69) is 19.9 Å². The van der Waals surface area contributed by atoms with Gasteiger partial charge in [-0.2, -0.15) is 0 Å². The molecule has 0 unspecified atom stereocenters. The fraction of sp³-hybridized carbons (Fsp3) is 0.928. The number of carboxylic acids is 1. The molecule has 4 saturated carbocycles. The fourth-order valence-corrected chi connectivity index (χ4v) is 23.3. The third-order valence-corrected chi connectivity index (χ3v) is 30.9. The van der Waals surface area contributed by atoms with E-state index >= 15 is 4.79 Å². The van der Waals surface area contributed by atoms with Gasteiger partial charge in [-0.15, -0.1) is 0 Å². The predicted molar refractivity (Wildman–Crippen MR) is 416 cm³/mol. The number of rotatable bonds is 23. The minimum Gasteiger partial charge on any atom is -0.479 e. The van der Waals surface area contributed by atoms with Gasteiger partial charge in [-0.25, -0.2) is 4.79 Å². The summed E-state index contributed by atoms with van der Waals surface area (Å²) in [5, 5.41) is 255. The number of carbonyl (C=O) groups is 4. The molecule has 0 amide bonds. The number of fused-ring (bicyclic) bond motifs is 7. The van der Waals surface area contributed by atoms with Crippen LogP contribution in [0.1, 0.15) is 127 Å². The zero-order valence-corrected chi connectivity index (χ0v) is 72.9. The summed E-state index contributed by atoms with van der Waals surface area (Å²) in [5.41, 5.74) is -5.62. The minimum atomic E-state index is -2.27. The van der Waals surface area contributed by atoms with Crippen molar-refractivity contribution < 1.29 is 227 Å². The highest BCUT2D eigenvalue weighted by Crippen LogP contribution is 2.76. The number of carbonyl (C=O) groups excluding carboxylic acids is 3. The van der Waals surface area contributed by atoms with Crippen LogP contribution >= 0.6 is 0 Å². The molecule has 9 heterocycles. The lowest BCUT2D eigenvalue weighted by atomic mass is 9.33. The van der Waals surface area contributed by atoms with Gasteiger partial charge in [-0.1, -0.05) is 53.2 Å².